The Balaban J connectivity index is 1.52. The zero-order valence-corrected chi connectivity index (χ0v) is 16.0. The third-order valence-corrected chi connectivity index (χ3v) is 5.45. The normalized spacial score (nSPS) is 21.9. The van der Waals surface area contributed by atoms with Gasteiger partial charge in [0.1, 0.15) is 11.6 Å². The number of rotatable bonds is 5. The molecule has 4 heterocycles. The fraction of sp³-hybridized carbons (Fsp3) is 0.600. The van der Waals surface area contributed by atoms with Crippen LogP contribution < -0.4 is 5.32 Å². The predicted octanol–water partition coefficient (Wildman–Crippen LogP) is 3.27. The van der Waals surface area contributed by atoms with Crippen molar-refractivity contribution in [1.29, 1.82) is 0 Å². The van der Waals surface area contributed by atoms with Gasteiger partial charge in [0.2, 0.25) is 5.95 Å². The quantitative estimate of drug-likeness (QED) is 0.868. The first-order chi connectivity index (χ1) is 13.3. The van der Waals surface area contributed by atoms with E-state index in [4.69, 9.17) is 9.72 Å². The summed E-state index contributed by atoms with van der Waals surface area (Å²) >= 11 is 0. The predicted molar refractivity (Wildman–Crippen MR) is 104 cm³/mol. The van der Waals surface area contributed by atoms with E-state index < -0.39 is 0 Å². The Hall–Kier alpha value is -2.12. The second-order valence-electron chi connectivity index (χ2n) is 7.48. The lowest BCUT2D eigenvalue weighted by Gasteiger charge is -2.38. The zero-order chi connectivity index (χ0) is 18.5. The molecule has 2 aromatic rings. The topological polar surface area (TPSA) is 76.1 Å². The van der Waals surface area contributed by atoms with Crippen LogP contribution in [0.15, 0.2) is 24.5 Å². The highest BCUT2D eigenvalue weighted by Crippen LogP contribution is 2.32. The monoisotopic (exact) mass is 368 g/mol. The van der Waals surface area contributed by atoms with Crippen molar-refractivity contribution in [2.24, 2.45) is 5.92 Å². The molecule has 0 bridgehead atoms. The Morgan fingerprint density at radius 3 is 2.74 bits per heavy atom. The molecule has 1 N–H and O–H groups in total. The Morgan fingerprint density at radius 1 is 1.11 bits per heavy atom. The average Bonchev–Trinajstić information content (AvgIpc) is 2.69. The molecule has 2 aliphatic rings. The third-order valence-electron chi connectivity index (χ3n) is 5.45. The molecule has 7 nitrogen and oxygen atoms in total. The standard InChI is InChI=1S/C20H28N6O/c1-15-23-17(13-19(24-15)25-20-21-8-4-9-22-20)18-5-2-3-10-26(18)14-16-6-11-27-12-7-16/h4,8-9,13,16,18H,2-3,5-7,10-12,14H2,1H3,(H,21,22,23,24,25)/t18-/m0/s1. The Kier molecular flexibility index (Phi) is 5.89. The highest BCUT2D eigenvalue weighted by molar-refractivity contribution is 5.48. The van der Waals surface area contributed by atoms with Crippen molar-refractivity contribution in [1.82, 2.24) is 24.8 Å². The molecular weight excluding hydrogens is 340 g/mol. The maximum atomic E-state index is 5.53. The molecule has 1 atom stereocenters. The summed E-state index contributed by atoms with van der Waals surface area (Å²) in [5, 5.41) is 3.21. The lowest BCUT2D eigenvalue weighted by Crippen LogP contribution is -2.39. The van der Waals surface area contributed by atoms with E-state index in [0.29, 0.717) is 12.0 Å². The van der Waals surface area contributed by atoms with Crippen molar-refractivity contribution in [2.75, 3.05) is 31.6 Å². The first-order valence-electron chi connectivity index (χ1n) is 9.99. The lowest BCUT2D eigenvalue weighted by molar-refractivity contribution is 0.0376. The summed E-state index contributed by atoms with van der Waals surface area (Å²) in [5.74, 6) is 2.84. The second-order valence-corrected chi connectivity index (χ2v) is 7.48. The number of likely N-dealkylation sites (tertiary alicyclic amines) is 1. The summed E-state index contributed by atoms with van der Waals surface area (Å²) in [4.78, 5) is 20.4. The molecule has 0 radical (unpaired) electrons. The van der Waals surface area contributed by atoms with Crippen molar-refractivity contribution < 1.29 is 4.74 Å². The summed E-state index contributed by atoms with van der Waals surface area (Å²) in [6.07, 6.45) is 9.46. The summed E-state index contributed by atoms with van der Waals surface area (Å²) in [7, 11) is 0. The molecule has 2 fully saturated rings. The van der Waals surface area contributed by atoms with Crippen molar-refractivity contribution in [3.8, 4) is 0 Å². The number of piperidine rings is 1. The molecule has 0 saturated carbocycles. The van der Waals surface area contributed by atoms with Crippen molar-refractivity contribution >= 4 is 11.8 Å². The van der Waals surface area contributed by atoms with Gasteiger partial charge in [-0.1, -0.05) is 6.42 Å². The van der Waals surface area contributed by atoms with E-state index in [9.17, 15) is 0 Å². The van der Waals surface area contributed by atoms with Gasteiger partial charge in [-0.05, 0) is 51.1 Å². The maximum Gasteiger partial charge on any atom is 0.228 e. The van der Waals surface area contributed by atoms with Gasteiger partial charge in [-0.15, -0.1) is 0 Å². The minimum atomic E-state index is 0.362. The van der Waals surface area contributed by atoms with Gasteiger partial charge in [0.25, 0.3) is 0 Å². The largest absolute Gasteiger partial charge is 0.381 e. The Bertz CT molecular complexity index is 735. The smallest absolute Gasteiger partial charge is 0.228 e. The summed E-state index contributed by atoms with van der Waals surface area (Å²) in [6, 6.07) is 4.23. The molecule has 2 aliphatic heterocycles. The molecule has 7 heteroatoms. The van der Waals surface area contributed by atoms with Crippen LogP contribution >= 0.6 is 0 Å². The van der Waals surface area contributed by atoms with Gasteiger partial charge in [0, 0.05) is 38.2 Å². The number of anilines is 2. The van der Waals surface area contributed by atoms with E-state index in [1.54, 1.807) is 18.5 Å². The zero-order valence-electron chi connectivity index (χ0n) is 16.0. The molecule has 27 heavy (non-hydrogen) atoms. The number of aromatic nitrogens is 4. The molecule has 0 spiro atoms. The molecule has 4 rings (SSSR count). The summed E-state index contributed by atoms with van der Waals surface area (Å²) < 4.78 is 5.53. The SMILES string of the molecule is Cc1nc(Nc2ncccn2)cc([C@@H]2CCCCN2CC2CCOCC2)n1. The molecule has 0 aliphatic carbocycles. The number of hydrogen-bond donors (Lipinski definition) is 1. The number of nitrogens with one attached hydrogen (secondary N) is 1. The van der Waals surface area contributed by atoms with Crippen LogP contribution in [0.5, 0.6) is 0 Å². The molecule has 0 amide bonds. The van der Waals surface area contributed by atoms with Gasteiger partial charge in [-0.3, -0.25) is 4.90 Å². The first kappa shape index (κ1) is 18.3. The summed E-state index contributed by atoms with van der Waals surface area (Å²) in [5.41, 5.74) is 1.10. The molecule has 2 saturated heterocycles. The average molecular weight is 368 g/mol. The maximum absolute atomic E-state index is 5.53. The van der Waals surface area contributed by atoms with Crippen molar-refractivity contribution in [3.63, 3.8) is 0 Å². The second kappa shape index (κ2) is 8.71. The lowest BCUT2D eigenvalue weighted by atomic mass is 9.94. The van der Waals surface area contributed by atoms with Crippen molar-refractivity contribution in [2.45, 2.75) is 45.1 Å². The number of nitrogens with zero attached hydrogens (tertiary/aromatic N) is 5. The molecule has 0 unspecified atom stereocenters. The van der Waals surface area contributed by atoms with Gasteiger partial charge >= 0.3 is 0 Å². The van der Waals surface area contributed by atoms with Crippen LogP contribution in [0.4, 0.5) is 11.8 Å². The van der Waals surface area contributed by atoms with Gasteiger partial charge in [-0.25, -0.2) is 19.9 Å². The highest BCUT2D eigenvalue weighted by atomic mass is 16.5. The van der Waals surface area contributed by atoms with E-state index in [1.165, 1.54) is 25.7 Å². The number of aryl methyl sites for hydroxylation is 1. The minimum Gasteiger partial charge on any atom is -0.381 e. The molecule has 0 aromatic carbocycles. The molecule has 2 aromatic heterocycles. The minimum absolute atomic E-state index is 0.362. The van der Waals surface area contributed by atoms with E-state index in [2.05, 4.69) is 31.2 Å². The van der Waals surface area contributed by atoms with Crippen LogP contribution in [0, 0.1) is 12.8 Å². The van der Waals surface area contributed by atoms with E-state index in [1.807, 2.05) is 6.92 Å². The van der Waals surface area contributed by atoms with Crippen LogP contribution in [-0.4, -0.2) is 51.1 Å². The molecule has 144 valence electrons. The van der Waals surface area contributed by atoms with Gasteiger partial charge in [0.15, 0.2) is 0 Å². The fourth-order valence-electron chi connectivity index (χ4n) is 4.11. The fourth-order valence-corrected chi connectivity index (χ4v) is 4.11. The Labute approximate surface area is 160 Å². The van der Waals surface area contributed by atoms with Gasteiger partial charge in [-0.2, -0.15) is 0 Å². The third kappa shape index (κ3) is 4.78. The van der Waals surface area contributed by atoms with Gasteiger partial charge < -0.3 is 10.1 Å². The van der Waals surface area contributed by atoms with Crippen LogP contribution in [-0.2, 0) is 4.74 Å². The van der Waals surface area contributed by atoms with Crippen LogP contribution in [0.2, 0.25) is 0 Å². The van der Waals surface area contributed by atoms with Crippen LogP contribution in [0.3, 0.4) is 0 Å². The highest BCUT2D eigenvalue weighted by Gasteiger charge is 2.28. The van der Waals surface area contributed by atoms with E-state index in [-0.39, 0.29) is 0 Å². The Morgan fingerprint density at radius 2 is 1.93 bits per heavy atom. The van der Waals surface area contributed by atoms with Crippen LogP contribution in [0.25, 0.3) is 0 Å². The van der Waals surface area contributed by atoms with Gasteiger partial charge in [0.05, 0.1) is 11.7 Å². The van der Waals surface area contributed by atoms with Crippen LogP contribution in [0.1, 0.15) is 49.7 Å². The van der Waals surface area contributed by atoms with Crippen molar-refractivity contribution in [3.05, 3.63) is 36.0 Å². The number of hydrogen-bond acceptors (Lipinski definition) is 7. The van der Waals surface area contributed by atoms with E-state index >= 15 is 0 Å². The van der Waals surface area contributed by atoms with E-state index in [0.717, 1.165) is 56.0 Å². The molecular formula is C20H28N6O. The summed E-state index contributed by atoms with van der Waals surface area (Å²) in [6.45, 7) is 6.05. The first-order valence-corrected chi connectivity index (χ1v) is 9.99. The number of ether oxygens (including phenoxy) is 1.